The molecule has 0 atom stereocenters. The molecule has 5 nitrogen and oxygen atoms in total. The number of nitrogen functional groups attached to an aromatic ring is 1. The highest BCUT2D eigenvalue weighted by Gasteiger charge is 2.25. The van der Waals surface area contributed by atoms with Gasteiger partial charge in [0.2, 0.25) is 0 Å². The number of hydrogen-bond donors (Lipinski definition) is 2. The van der Waals surface area contributed by atoms with Crippen molar-refractivity contribution in [2.75, 3.05) is 18.8 Å². The van der Waals surface area contributed by atoms with Gasteiger partial charge in [-0.3, -0.25) is 9.89 Å². The molecule has 2 rings (SSSR count). The first-order valence-electron chi connectivity index (χ1n) is 6.23. The van der Waals surface area contributed by atoms with E-state index in [4.69, 9.17) is 5.73 Å². The zero-order valence-electron chi connectivity index (χ0n) is 10.5. The standard InChI is InChI=1S/C12H20N4O/c1-3-9-4-6-16(7-5-9)12(17)11-10(13)8(2)14-15-11/h9H,3-7,13H2,1-2H3,(H,14,15). The minimum absolute atomic E-state index is 0.0404. The molecular weight excluding hydrogens is 216 g/mol. The lowest BCUT2D eigenvalue weighted by molar-refractivity contribution is 0.0684. The molecule has 0 saturated carbocycles. The van der Waals surface area contributed by atoms with Crippen LogP contribution in [0.2, 0.25) is 0 Å². The summed E-state index contributed by atoms with van der Waals surface area (Å²) in [5, 5.41) is 6.74. The number of amides is 1. The van der Waals surface area contributed by atoms with E-state index in [0.717, 1.165) is 37.5 Å². The molecule has 2 heterocycles. The van der Waals surface area contributed by atoms with Crippen LogP contribution in [0.25, 0.3) is 0 Å². The van der Waals surface area contributed by atoms with Gasteiger partial charge in [-0.15, -0.1) is 0 Å². The van der Waals surface area contributed by atoms with Crippen LogP contribution >= 0.6 is 0 Å². The predicted octanol–water partition coefficient (Wildman–Crippen LogP) is 1.56. The maximum absolute atomic E-state index is 12.2. The van der Waals surface area contributed by atoms with E-state index < -0.39 is 0 Å². The van der Waals surface area contributed by atoms with Gasteiger partial charge in [0.05, 0.1) is 11.4 Å². The lowest BCUT2D eigenvalue weighted by Crippen LogP contribution is -2.38. The van der Waals surface area contributed by atoms with Gasteiger partial charge < -0.3 is 10.6 Å². The third kappa shape index (κ3) is 2.28. The molecule has 0 bridgehead atoms. The third-order valence-electron chi connectivity index (χ3n) is 3.68. The van der Waals surface area contributed by atoms with Gasteiger partial charge in [-0.25, -0.2) is 0 Å². The number of aromatic nitrogens is 2. The van der Waals surface area contributed by atoms with Crippen LogP contribution in [0.3, 0.4) is 0 Å². The number of likely N-dealkylation sites (tertiary alicyclic amines) is 1. The smallest absolute Gasteiger partial charge is 0.276 e. The van der Waals surface area contributed by atoms with Gasteiger partial charge in [-0.1, -0.05) is 13.3 Å². The fraction of sp³-hybridized carbons (Fsp3) is 0.667. The summed E-state index contributed by atoms with van der Waals surface area (Å²) in [5.41, 5.74) is 7.44. The van der Waals surface area contributed by atoms with Crippen molar-refractivity contribution in [1.82, 2.24) is 15.1 Å². The number of nitrogens with two attached hydrogens (primary N) is 1. The summed E-state index contributed by atoms with van der Waals surface area (Å²) >= 11 is 0. The molecule has 0 radical (unpaired) electrons. The van der Waals surface area contributed by atoms with Crippen LogP contribution in [-0.4, -0.2) is 34.1 Å². The molecule has 5 heteroatoms. The summed E-state index contributed by atoms with van der Waals surface area (Å²) in [4.78, 5) is 14.1. The summed E-state index contributed by atoms with van der Waals surface area (Å²) in [5.74, 6) is 0.721. The molecule has 0 spiro atoms. The maximum Gasteiger partial charge on any atom is 0.276 e. The van der Waals surface area contributed by atoms with Gasteiger partial charge in [0.15, 0.2) is 5.69 Å². The van der Waals surface area contributed by atoms with Crippen LogP contribution in [-0.2, 0) is 0 Å². The predicted molar refractivity (Wildman–Crippen MR) is 66.7 cm³/mol. The van der Waals surface area contributed by atoms with Crippen LogP contribution < -0.4 is 5.73 Å². The first-order chi connectivity index (χ1) is 8.13. The fourth-order valence-corrected chi connectivity index (χ4v) is 2.29. The summed E-state index contributed by atoms with van der Waals surface area (Å²) in [6.45, 7) is 5.67. The number of H-pyrrole nitrogens is 1. The number of aryl methyl sites for hydroxylation is 1. The Bertz CT molecular complexity index is 405. The van der Waals surface area contributed by atoms with Gasteiger partial charge in [0.25, 0.3) is 5.91 Å². The SMILES string of the molecule is CCC1CCN(C(=O)c2n[nH]c(C)c2N)CC1. The molecule has 0 aromatic carbocycles. The average molecular weight is 236 g/mol. The largest absolute Gasteiger partial charge is 0.395 e. The van der Waals surface area contributed by atoms with Gasteiger partial charge in [-0.05, 0) is 25.7 Å². The second-order valence-electron chi connectivity index (χ2n) is 4.75. The van der Waals surface area contributed by atoms with Crippen molar-refractivity contribution in [2.24, 2.45) is 5.92 Å². The van der Waals surface area contributed by atoms with Crippen LogP contribution in [0.15, 0.2) is 0 Å². The van der Waals surface area contributed by atoms with E-state index in [1.807, 2.05) is 11.8 Å². The molecule has 0 unspecified atom stereocenters. The summed E-state index contributed by atoms with van der Waals surface area (Å²) in [7, 11) is 0. The zero-order chi connectivity index (χ0) is 12.4. The van der Waals surface area contributed by atoms with Crippen LogP contribution in [0.4, 0.5) is 5.69 Å². The number of aromatic amines is 1. The molecule has 1 aliphatic rings. The minimum Gasteiger partial charge on any atom is -0.395 e. The van der Waals surface area contributed by atoms with Crippen molar-refractivity contribution < 1.29 is 4.79 Å². The Morgan fingerprint density at radius 1 is 1.53 bits per heavy atom. The third-order valence-corrected chi connectivity index (χ3v) is 3.68. The van der Waals surface area contributed by atoms with E-state index in [0.29, 0.717) is 11.4 Å². The van der Waals surface area contributed by atoms with E-state index >= 15 is 0 Å². The van der Waals surface area contributed by atoms with E-state index in [1.165, 1.54) is 6.42 Å². The number of carbonyl (C=O) groups excluding carboxylic acids is 1. The van der Waals surface area contributed by atoms with E-state index in [-0.39, 0.29) is 5.91 Å². The molecule has 1 aliphatic heterocycles. The Balaban J connectivity index is 2.04. The molecule has 1 amide bonds. The summed E-state index contributed by atoms with van der Waals surface area (Å²) in [6.07, 6.45) is 3.38. The van der Waals surface area contributed by atoms with E-state index in [1.54, 1.807) is 0 Å². The molecule has 1 fully saturated rings. The fourth-order valence-electron chi connectivity index (χ4n) is 2.29. The van der Waals surface area contributed by atoms with Crippen molar-refractivity contribution in [3.8, 4) is 0 Å². The number of nitrogens with zero attached hydrogens (tertiary/aromatic N) is 2. The summed E-state index contributed by atoms with van der Waals surface area (Å²) < 4.78 is 0. The zero-order valence-corrected chi connectivity index (χ0v) is 10.5. The molecule has 3 N–H and O–H groups in total. The quantitative estimate of drug-likeness (QED) is 0.818. The van der Waals surface area contributed by atoms with Crippen molar-refractivity contribution in [3.63, 3.8) is 0 Å². The molecule has 1 saturated heterocycles. The molecular formula is C12H20N4O. The van der Waals surface area contributed by atoms with E-state index in [2.05, 4.69) is 17.1 Å². The lowest BCUT2D eigenvalue weighted by atomic mass is 9.94. The Hall–Kier alpha value is -1.52. The Kier molecular flexibility index (Phi) is 3.36. The van der Waals surface area contributed by atoms with Crippen molar-refractivity contribution >= 4 is 11.6 Å². The van der Waals surface area contributed by atoms with Gasteiger partial charge in [0.1, 0.15) is 0 Å². The number of rotatable bonds is 2. The average Bonchev–Trinajstić information content (AvgIpc) is 2.69. The van der Waals surface area contributed by atoms with Gasteiger partial charge in [-0.2, -0.15) is 5.10 Å². The number of piperidine rings is 1. The Labute approximate surface area is 101 Å². The highest BCUT2D eigenvalue weighted by atomic mass is 16.2. The van der Waals surface area contributed by atoms with Gasteiger partial charge >= 0.3 is 0 Å². The van der Waals surface area contributed by atoms with Crippen molar-refractivity contribution in [1.29, 1.82) is 0 Å². The monoisotopic (exact) mass is 236 g/mol. The Morgan fingerprint density at radius 2 is 2.18 bits per heavy atom. The first kappa shape index (κ1) is 12.0. The number of nitrogens with one attached hydrogen (secondary N) is 1. The van der Waals surface area contributed by atoms with Crippen LogP contribution in [0, 0.1) is 12.8 Å². The molecule has 1 aromatic heterocycles. The maximum atomic E-state index is 12.2. The van der Waals surface area contributed by atoms with E-state index in [9.17, 15) is 4.79 Å². The molecule has 0 aliphatic carbocycles. The molecule has 17 heavy (non-hydrogen) atoms. The minimum atomic E-state index is -0.0404. The van der Waals surface area contributed by atoms with Crippen molar-refractivity contribution in [2.45, 2.75) is 33.1 Å². The van der Waals surface area contributed by atoms with Crippen LogP contribution in [0.1, 0.15) is 42.4 Å². The second kappa shape index (κ2) is 4.77. The normalized spacial score (nSPS) is 17.4. The molecule has 1 aromatic rings. The highest BCUT2D eigenvalue weighted by Crippen LogP contribution is 2.22. The highest BCUT2D eigenvalue weighted by molar-refractivity contribution is 5.97. The van der Waals surface area contributed by atoms with Gasteiger partial charge in [0, 0.05) is 13.1 Å². The lowest BCUT2D eigenvalue weighted by Gasteiger charge is -2.31. The topological polar surface area (TPSA) is 75.0 Å². The number of hydrogen-bond acceptors (Lipinski definition) is 3. The number of anilines is 1. The Morgan fingerprint density at radius 3 is 2.65 bits per heavy atom. The van der Waals surface area contributed by atoms with Crippen LogP contribution in [0.5, 0.6) is 0 Å². The summed E-state index contributed by atoms with van der Waals surface area (Å²) in [6, 6.07) is 0. The first-order valence-corrected chi connectivity index (χ1v) is 6.23. The second-order valence-corrected chi connectivity index (χ2v) is 4.75. The van der Waals surface area contributed by atoms with Crippen molar-refractivity contribution in [3.05, 3.63) is 11.4 Å². The molecule has 94 valence electrons. The number of carbonyl (C=O) groups is 1.